The molecule has 0 aliphatic carbocycles. The average Bonchev–Trinajstić information content (AvgIpc) is 2.55. The highest BCUT2D eigenvalue weighted by Crippen LogP contribution is 2.24. The molecule has 0 saturated carbocycles. The standard InChI is InChI=1S/C17H15ClN2O2/c1-17(11-19,12-7-9-13(22-2)10-8-12)20-16(21)14-5-3-4-6-15(14)18/h3-10H,1-2H3,(H,20,21). The first kappa shape index (κ1) is 15.9. The first-order chi connectivity index (χ1) is 10.5. The summed E-state index contributed by atoms with van der Waals surface area (Å²) in [6.45, 7) is 1.64. The summed E-state index contributed by atoms with van der Waals surface area (Å²) in [4.78, 5) is 12.4. The highest BCUT2D eigenvalue weighted by molar-refractivity contribution is 6.33. The Morgan fingerprint density at radius 1 is 1.23 bits per heavy atom. The van der Waals surface area contributed by atoms with Crippen molar-refractivity contribution in [2.75, 3.05) is 7.11 Å². The number of benzene rings is 2. The quantitative estimate of drug-likeness (QED) is 0.939. The number of rotatable bonds is 4. The van der Waals surface area contributed by atoms with Crippen LogP contribution in [0.15, 0.2) is 48.5 Å². The largest absolute Gasteiger partial charge is 0.497 e. The zero-order valence-corrected chi connectivity index (χ0v) is 13.0. The van der Waals surface area contributed by atoms with E-state index in [2.05, 4.69) is 11.4 Å². The van der Waals surface area contributed by atoms with Gasteiger partial charge in [0.1, 0.15) is 5.75 Å². The molecule has 4 nitrogen and oxygen atoms in total. The van der Waals surface area contributed by atoms with Gasteiger partial charge in [-0.25, -0.2) is 0 Å². The van der Waals surface area contributed by atoms with E-state index in [1.807, 2.05) is 0 Å². The molecule has 1 N–H and O–H groups in total. The van der Waals surface area contributed by atoms with Crippen molar-refractivity contribution in [3.05, 3.63) is 64.7 Å². The van der Waals surface area contributed by atoms with Gasteiger partial charge in [-0.1, -0.05) is 35.9 Å². The number of hydrogen-bond donors (Lipinski definition) is 1. The van der Waals surface area contributed by atoms with Crippen molar-refractivity contribution < 1.29 is 9.53 Å². The Hall–Kier alpha value is -2.51. The van der Waals surface area contributed by atoms with Crippen molar-refractivity contribution in [3.63, 3.8) is 0 Å². The molecule has 1 atom stereocenters. The van der Waals surface area contributed by atoms with Gasteiger partial charge in [0.05, 0.1) is 23.8 Å². The summed E-state index contributed by atoms with van der Waals surface area (Å²) in [6, 6.07) is 15.8. The fourth-order valence-corrected chi connectivity index (χ4v) is 2.25. The Bertz CT molecular complexity index is 722. The van der Waals surface area contributed by atoms with E-state index in [9.17, 15) is 10.1 Å². The second kappa shape index (κ2) is 6.50. The highest BCUT2D eigenvalue weighted by Gasteiger charge is 2.29. The van der Waals surface area contributed by atoms with Crippen LogP contribution in [0.4, 0.5) is 0 Å². The Morgan fingerprint density at radius 3 is 2.41 bits per heavy atom. The van der Waals surface area contributed by atoms with Gasteiger partial charge in [0.2, 0.25) is 0 Å². The van der Waals surface area contributed by atoms with Gasteiger partial charge >= 0.3 is 0 Å². The lowest BCUT2D eigenvalue weighted by molar-refractivity contribution is 0.0924. The lowest BCUT2D eigenvalue weighted by Gasteiger charge is -2.24. The first-order valence-corrected chi connectivity index (χ1v) is 7.01. The lowest BCUT2D eigenvalue weighted by atomic mass is 9.93. The van der Waals surface area contributed by atoms with E-state index in [4.69, 9.17) is 16.3 Å². The number of hydrogen-bond acceptors (Lipinski definition) is 3. The van der Waals surface area contributed by atoms with Crippen LogP contribution in [0.3, 0.4) is 0 Å². The third-order valence-electron chi connectivity index (χ3n) is 3.37. The summed E-state index contributed by atoms with van der Waals surface area (Å²) in [6.07, 6.45) is 0. The summed E-state index contributed by atoms with van der Waals surface area (Å²) in [5.41, 5.74) is -0.168. The molecule has 2 aromatic carbocycles. The number of nitriles is 1. The fourth-order valence-electron chi connectivity index (χ4n) is 2.03. The number of carbonyl (C=O) groups excluding carboxylic acids is 1. The van der Waals surface area contributed by atoms with Gasteiger partial charge in [-0.15, -0.1) is 0 Å². The van der Waals surface area contributed by atoms with Crippen molar-refractivity contribution in [1.82, 2.24) is 5.32 Å². The van der Waals surface area contributed by atoms with Crippen LogP contribution in [0.25, 0.3) is 0 Å². The molecule has 1 amide bonds. The number of amides is 1. The van der Waals surface area contributed by atoms with Crippen molar-refractivity contribution in [2.24, 2.45) is 0 Å². The Morgan fingerprint density at radius 2 is 1.86 bits per heavy atom. The van der Waals surface area contributed by atoms with Gasteiger partial charge in [-0.2, -0.15) is 5.26 Å². The maximum Gasteiger partial charge on any atom is 0.254 e. The number of halogens is 1. The number of carbonyl (C=O) groups is 1. The Balaban J connectivity index is 2.29. The summed E-state index contributed by atoms with van der Waals surface area (Å²) in [5.74, 6) is 0.284. The molecule has 1 unspecified atom stereocenters. The number of nitrogens with one attached hydrogen (secondary N) is 1. The van der Waals surface area contributed by atoms with Gasteiger partial charge in [0.25, 0.3) is 5.91 Å². The molecular weight excluding hydrogens is 300 g/mol. The molecular formula is C17H15ClN2O2. The van der Waals surface area contributed by atoms with Crippen LogP contribution >= 0.6 is 11.6 Å². The maximum atomic E-state index is 12.4. The van der Waals surface area contributed by atoms with Gasteiger partial charge in [0.15, 0.2) is 5.54 Å². The predicted molar refractivity (Wildman–Crippen MR) is 84.9 cm³/mol. The molecule has 0 saturated heterocycles. The highest BCUT2D eigenvalue weighted by atomic mass is 35.5. The molecule has 0 bridgehead atoms. The van der Waals surface area contributed by atoms with Gasteiger partial charge in [-0.3, -0.25) is 4.79 Å². The lowest BCUT2D eigenvalue weighted by Crippen LogP contribution is -2.42. The van der Waals surface area contributed by atoms with Gasteiger partial charge < -0.3 is 10.1 Å². The molecule has 2 aromatic rings. The van der Waals surface area contributed by atoms with E-state index in [0.29, 0.717) is 21.9 Å². The minimum atomic E-state index is -1.16. The van der Waals surface area contributed by atoms with Gasteiger partial charge in [0, 0.05) is 0 Å². The fraction of sp³-hybridized carbons (Fsp3) is 0.176. The summed E-state index contributed by atoms with van der Waals surface area (Å²) >= 11 is 6.02. The summed E-state index contributed by atoms with van der Waals surface area (Å²) in [7, 11) is 1.57. The van der Waals surface area contributed by atoms with E-state index in [-0.39, 0.29) is 0 Å². The van der Waals surface area contributed by atoms with Crippen molar-refractivity contribution >= 4 is 17.5 Å². The molecule has 112 valence electrons. The smallest absolute Gasteiger partial charge is 0.254 e. The van der Waals surface area contributed by atoms with Crippen LogP contribution in [0.2, 0.25) is 5.02 Å². The maximum absolute atomic E-state index is 12.4. The zero-order chi connectivity index (χ0) is 16.2. The van der Waals surface area contributed by atoms with Crippen molar-refractivity contribution in [2.45, 2.75) is 12.5 Å². The number of methoxy groups -OCH3 is 1. The summed E-state index contributed by atoms with van der Waals surface area (Å²) in [5, 5.41) is 12.6. The second-order valence-corrected chi connectivity index (χ2v) is 5.31. The van der Waals surface area contributed by atoms with Crippen LogP contribution < -0.4 is 10.1 Å². The Labute approximate surface area is 134 Å². The SMILES string of the molecule is COc1ccc(C(C)(C#N)NC(=O)c2ccccc2Cl)cc1. The molecule has 0 aliphatic rings. The monoisotopic (exact) mass is 314 g/mol. The number of ether oxygens (including phenoxy) is 1. The molecule has 0 fully saturated rings. The van der Waals surface area contributed by atoms with Crippen LogP contribution in [0.1, 0.15) is 22.8 Å². The summed E-state index contributed by atoms with van der Waals surface area (Å²) < 4.78 is 5.09. The molecule has 22 heavy (non-hydrogen) atoms. The van der Waals surface area contributed by atoms with Crippen molar-refractivity contribution in [3.8, 4) is 11.8 Å². The van der Waals surface area contributed by atoms with Crippen LogP contribution in [0, 0.1) is 11.3 Å². The predicted octanol–water partition coefficient (Wildman–Crippen LogP) is 3.52. The molecule has 2 rings (SSSR count). The second-order valence-electron chi connectivity index (χ2n) is 4.90. The van der Waals surface area contributed by atoms with Crippen LogP contribution in [0.5, 0.6) is 5.75 Å². The van der Waals surface area contributed by atoms with E-state index < -0.39 is 11.4 Å². The normalized spacial score (nSPS) is 12.8. The number of nitrogens with zero attached hydrogens (tertiary/aromatic N) is 1. The zero-order valence-electron chi connectivity index (χ0n) is 12.3. The first-order valence-electron chi connectivity index (χ1n) is 6.63. The van der Waals surface area contributed by atoms with E-state index in [0.717, 1.165) is 0 Å². The molecule has 5 heteroatoms. The van der Waals surface area contributed by atoms with Crippen molar-refractivity contribution in [1.29, 1.82) is 5.26 Å². The molecule has 0 aromatic heterocycles. The van der Waals surface area contributed by atoms with E-state index in [1.54, 1.807) is 62.6 Å². The Kier molecular flexibility index (Phi) is 4.69. The third kappa shape index (κ3) is 3.21. The van der Waals surface area contributed by atoms with Crippen LogP contribution in [-0.4, -0.2) is 13.0 Å². The topological polar surface area (TPSA) is 62.1 Å². The van der Waals surface area contributed by atoms with E-state index >= 15 is 0 Å². The molecule has 0 aliphatic heterocycles. The minimum Gasteiger partial charge on any atom is -0.497 e. The van der Waals surface area contributed by atoms with Gasteiger partial charge in [-0.05, 0) is 36.8 Å². The molecule has 0 spiro atoms. The van der Waals surface area contributed by atoms with Crippen LogP contribution in [-0.2, 0) is 5.54 Å². The molecule has 0 heterocycles. The third-order valence-corrected chi connectivity index (χ3v) is 3.70. The van der Waals surface area contributed by atoms with E-state index in [1.165, 1.54) is 0 Å². The minimum absolute atomic E-state index is 0.333. The molecule has 0 radical (unpaired) electrons. The average molecular weight is 315 g/mol.